The molecule has 0 heterocycles. The smallest absolute Gasteiger partial charge is 0.257 e. The molecule has 0 aliphatic rings. The minimum absolute atomic E-state index is 0.0327. The molecular formula is C24H31N3O5S. The van der Waals surface area contributed by atoms with E-state index in [-0.39, 0.29) is 16.6 Å². The van der Waals surface area contributed by atoms with E-state index in [0.717, 1.165) is 12.8 Å². The molecule has 0 aliphatic heterocycles. The van der Waals surface area contributed by atoms with Crippen molar-refractivity contribution in [3.63, 3.8) is 0 Å². The standard InChI is InChI=1S/C24H31N3O5S/c1-6-11-27(12-7-2)23(29)16-9-8-10-18(13-16)25-24(33)26-22(28)17-14-19(30-3)21(32-5)20(15-17)31-4/h8-10,13-15H,6-7,11-12H2,1-5H3,(H2,25,26,28,33). The van der Waals surface area contributed by atoms with Gasteiger partial charge in [-0.05, 0) is 55.4 Å². The van der Waals surface area contributed by atoms with Crippen LogP contribution >= 0.6 is 12.2 Å². The zero-order valence-corrected chi connectivity index (χ0v) is 20.5. The first-order valence-electron chi connectivity index (χ1n) is 10.7. The summed E-state index contributed by atoms with van der Waals surface area (Å²) in [4.78, 5) is 27.4. The Morgan fingerprint density at radius 3 is 2.03 bits per heavy atom. The fourth-order valence-corrected chi connectivity index (χ4v) is 3.53. The molecule has 0 atom stereocenters. The van der Waals surface area contributed by atoms with Gasteiger partial charge in [0.25, 0.3) is 11.8 Å². The first-order chi connectivity index (χ1) is 15.9. The van der Waals surface area contributed by atoms with Gasteiger partial charge in [0, 0.05) is 29.9 Å². The number of nitrogens with zero attached hydrogens (tertiary/aromatic N) is 1. The third-order valence-electron chi connectivity index (χ3n) is 4.80. The molecule has 0 radical (unpaired) electrons. The quantitative estimate of drug-likeness (QED) is 0.502. The summed E-state index contributed by atoms with van der Waals surface area (Å²) in [5.41, 5.74) is 1.44. The number of carbonyl (C=O) groups is 2. The van der Waals surface area contributed by atoms with Gasteiger partial charge in [-0.2, -0.15) is 0 Å². The molecule has 0 aliphatic carbocycles. The Morgan fingerprint density at radius 1 is 0.909 bits per heavy atom. The fraction of sp³-hybridized carbons (Fsp3) is 0.375. The summed E-state index contributed by atoms with van der Waals surface area (Å²) in [5, 5.41) is 5.69. The average molecular weight is 474 g/mol. The van der Waals surface area contributed by atoms with Gasteiger partial charge in [-0.15, -0.1) is 0 Å². The van der Waals surface area contributed by atoms with Gasteiger partial charge < -0.3 is 24.4 Å². The van der Waals surface area contributed by atoms with Gasteiger partial charge >= 0.3 is 0 Å². The van der Waals surface area contributed by atoms with Crippen molar-refractivity contribution in [1.29, 1.82) is 0 Å². The fourth-order valence-electron chi connectivity index (χ4n) is 3.32. The van der Waals surface area contributed by atoms with Crippen LogP contribution in [0.3, 0.4) is 0 Å². The van der Waals surface area contributed by atoms with Gasteiger partial charge in [-0.1, -0.05) is 19.9 Å². The van der Waals surface area contributed by atoms with Gasteiger partial charge in [-0.3, -0.25) is 14.9 Å². The molecule has 0 unspecified atom stereocenters. The number of nitrogens with one attached hydrogen (secondary N) is 2. The normalized spacial score (nSPS) is 10.2. The van der Waals surface area contributed by atoms with Gasteiger partial charge in [0.1, 0.15) is 0 Å². The first-order valence-corrected chi connectivity index (χ1v) is 11.1. The maximum atomic E-state index is 12.9. The highest BCUT2D eigenvalue weighted by Crippen LogP contribution is 2.38. The van der Waals surface area contributed by atoms with Crippen molar-refractivity contribution < 1.29 is 23.8 Å². The van der Waals surface area contributed by atoms with Crippen LogP contribution in [0.1, 0.15) is 47.4 Å². The summed E-state index contributed by atoms with van der Waals surface area (Å²) in [6, 6.07) is 10.1. The van der Waals surface area contributed by atoms with E-state index in [2.05, 4.69) is 10.6 Å². The van der Waals surface area contributed by atoms with Crippen LogP contribution in [0.5, 0.6) is 17.2 Å². The average Bonchev–Trinajstić information content (AvgIpc) is 2.82. The highest BCUT2D eigenvalue weighted by Gasteiger charge is 2.18. The zero-order chi connectivity index (χ0) is 24.4. The van der Waals surface area contributed by atoms with Crippen molar-refractivity contribution in [2.75, 3.05) is 39.7 Å². The van der Waals surface area contributed by atoms with E-state index in [4.69, 9.17) is 26.4 Å². The number of amides is 2. The van der Waals surface area contributed by atoms with E-state index in [0.29, 0.717) is 41.6 Å². The van der Waals surface area contributed by atoms with E-state index in [9.17, 15) is 9.59 Å². The number of benzene rings is 2. The van der Waals surface area contributed by atoms with Crippen molar-refractivity contribution in [3.05, 3.63) is 47.5 Å². The SMILES string of the molecule is CCCN(CCC)C(=O)c1cccc(NC(=S)NC(=O)c2cc(OC)c(OC)c(OC)c2)c1. The van der Waals surface area contributed by atoms with Crippen LogP contribution in [0, 0.1) is 0 Å². The molecule has 8 nitrogen and oxygen atoms in total. The molecule has 0 spiro atoms. The minimum Gasteiger partial charge on any atom is -0.493 e. The number of rotatable bonds is 10. The summed E-state index contributed by atoms with van der Waals surface area (Å²) < 4.78 is 15.9. The van der Waals surface area contributed by atoms with Crippen LogP contribution < -0.4 is 24.8 Å². The van der Waals surface area contributed by atoms with Crippen molar-refractivity contribution in [3.8, 4) is 17.2 Å². The molecule has 9 heteroatoms. The molecule has 33 heavy (non-hydrogen) atoms. The van der Waals surface area contributed by atoms with Gasteiger partial charge in [-0.25, -0.2) is 0 Å². The monoisotopic (exact) mass is 473 g/mol. The Hall–Kier alpha value is -3.33. The number of hydrogen-bond acceptors (Lipinski definition) is 6. The second kappa shape index (κ2) is 12.6. The largest absolute Gasteiger partial charge is 0.493 e. The number of anilines is 1. The molecule has 0 saturated carbocycles. The number of carbonyl (C=O) groups excluding carboxylic acids is 2. The highest BCUT2D eigenvalue weighted by molar-refractivity contribution is 7.80. The van der Waals surface area contributed by atoms with E-state index in [1.165, 1.54) is 33.5 Å². The summed E-state index contributed by atoms with van der Waals surface area (Å²) in [7, 11) is 4.44. The summed E-state index contributed by atoms with van der Waals surface area (Å²) in [5.74, 6) is 0.622. The molecule has 2 aromatic carbocycles. The molecular weight excluding hydrogens is 442 g/mol. The van der Waals surface area contributed by atoms with Crippen LogP contribution in [0.4, 0.5) is 5.69 Å². The lowest BCUT2D eigenvalue weighted by Gasteiger charge is -2.22. The second-order valence-corrected chi connectivity index (χ2v) is 7.60. The van der Waals surface area contributed by atoms with E-state index in [1.54, 1.807) is 24.3 Å². The third-order valence-corrected chi connectivity index (χ3v) is 5.00. The zero-order valence-electron chi connectivity index (χ0n) is 19.7. The molecule has 2 N–H and O–H groups in total. The molecule has 0 aromatic heterocycles. The van der Waals surface area contributed by atoms with Crippen molar-refractivity contribution >= 4 is 34.8 Å². The Balaban J connectivity index is 2.13. The second-order valence-electron chi connectivity index (χ2n) is 7.20. The Bertz CT molecular complexity index is 965. The van der Waals surface area contributed by atoms with Crippen molar-refractivity contribution in [1.82, 2.24) is 10.2 Å². The molecule has 178 valence electrons. The maximum Gasteiger partial charge on any atom is 0.257 e. The molecule has 2 rings (SSSR count). The van der Waals surface area contributed by atoms with Crippen LogP contribution in [0.15, 0.2) is 36.4 Å². The van der Waals surface area contributed by atoms with Crippen LogP contribution in [0.25, 0.3) is 0 Å². The van der Waals surface area contributed by atoms with Crippen LogP contribution in [0.2, 0.25) is 0 Å². The van der Waals surface area contributed by atoms with E-state index in [1.807, 2.05) is 18.7 Å². The lowest BCUT2D eigenvalue weighted by atomic mass is 10.1. The lowest BCUT2D eigenvalue weighted by molar-refractivity contribution is 0.0755. The third kappa shape index (κ3) is 6.82. The van der Waals surface area contributed by atoms with Crippen LogP contribution in [-0.2, 0) is 0 Å². The predicted molar refractivity (Wildman–Crippen MR) is 133 cm³/mol. The van der Waals surface area contributed by atoms with Crippen molar-refractivity contribution in [2.24, 2.45) is 0 Å². The molecule has 0 saturated heterocycles. The first kappa shape index (κ1) is 25.9. The summed E-state index contributed by atoms with van der Waals surface area (Å²) in [6.07, 6.45) is 1.78. The van der Waals surface area contributed by atoms with Crippen molar-refractivity contribution in [2.45, 2.75) is 26.7 Å². The van der Waals surface area contributed by atoms with Crippen LogP contribution in [-0.4, -0.2) is 56.2 Å². The Morgan fingerprint density at radius 2 is 1.52 bits per heavy atom. The predicted octanol–water partition coefficient (Wildman–Crippen LogP) is 4.10. The number of thiocarbonyl (C=S) groups is 1. The maximum absolute atomic E-state index is 12.9. The van der Waals surface area contributed by atoms with Gasteiger partial charge in [0.05, 0.1) is 21.3 Å². The van der Waals surface area contributed by atoms with Gasteiger partial charge in [0.2, 0.25) is 5.75 Å². The number of ether oxygens (including phenoxy) is 3. The minimum atomic E-state index is -0.448. The molecule has 2 amide bonds. The topological polar surface area (TPSA) is 89.1 Å². The summed E-state index contributed by atoms with van der Waals surface area (Å²) in [6.45, 7) is 5.49. The van der Waals surface area contributed by atoms with E-state index < -0.39 is 5.91 Å². The molecule has 2 aromatic rings. The highest BCUT2D eigenvalue weighted by atomic mass is 32.1. The lowest BCUT2D eigenvalue weighted by Crippen LogP contribution is -2.34. The Kier molecular flexibility index (Phi) is 9.93. The summed E-state index contributed by atoms with van der Waals surface area (Å²) >= 11 is 5.30. The number of hydrogen-bond donors (Lipinski definition) is 2. The van der Waals surface area contributed by atoms with E-state index >= 15 is 0 Å². The molecule has 0 fully saturated rings. The van der Waals surface area contributed by atoms with Gasteiger partial charge in [0.15, 0.2) is 16.6 Å². The Labute approximate surface area is 200 Å². The molecule has 0 bridgehead atoms. The number of methoxy groups -OCH3 is 3.